The smallest absolute Gasteiger partial charge is 0.147 e. The van der Waals surface area contributed by atoms with Crippen LogP contribution in [0.15, 0.2) is 41.1 Å². The van der Waals surface area contributed by atoms with E-state index in [0.29, 0.717) is 0 Å². The third-order valence-corrected chi connectivity index (χ3v) is 10.2. The van der Waals surface area contributed by atoms with E-state index < -0.39 is 22.9 Å². The molecule has 2 aliphatic carbocycles. The summed E-state index contributed by atoms with van der Waals surface area (Å²) in [6.07, 6.45) is 10.1. The molecule has 23 heavy (non-hydrogen) atoms. The number of hydrogen-bond donors (Lipinski definition) is 0. The largest absolute Gasteiger partial charge is 0.147 e. The van der Waals surface area contributed by atoms with Crippen molar-refractivity contribution in [1.29, 1.82) is 0 Å². The molecule has 0 bridgehead atoms. The van der Waals surface area contributed by atoms with Crippen molar-refractivity contribution < 1.29 is 22.9 Å². The molecule has 3 heteroatoms. The van der Waals surface area contributed by atoms with Gasteiger partial charge in [-0.15, -0.1) is 24.8 Å². The second kappa shape index (κ2) is 10.4. The Bertz CT molecular complexity index is 486. The average molecular weight is 522 g/mol. The van der Waals surface area contributed by atoms with Crippen LogP contribution in [0.3, 0.4) is 0 Å². The minimum atomic E-state index is -0.801. The first-order valence-electron chi connectivity index (χ1n) is 8.43. The molecule has 0 spiro atoms. The molecule has 0 atom stereocenters. The van der Waals surface area contributed by atoms with E-state index in [2.05, 4.69) is 53.7 Å². The monoisotopic (exact) mass is 522 g/mol. The maximum atomic E-state index is 2.48. The summed E-state index contributed by atoms with van der Waals surface area (Å²) in [5.41, 5.74) is 6.66. The van der Waals surface area contributed by atoms with Gasteiger partial charge in [0.15, 0.2) is 0 Å². The zero-order valence-electron chi connectivity index (χ0n) is 15.5. The molecule has 0 saturated heterocycles. The number of rotatable bonds is 6. The molecule has 0 unspecified atom stereocenters. The molecule has 0 radical (unpaired) electrons. The summed E-state index contributed by atoms with van der Waals surface area (Å²) in [7, 11) is 0. The molecule has 0 aromatic rings. The summed E-state index contributed by atoms with van der Waals surface area (Å²) in [5, 5.41) is 0. The van der Waals surface area contributed by atoms with Crippen molar-refractivity contribution in [3.8, 4) is 0 Å². The Labute approximate surface area is 167 Å². The Morgan fingerprint density at radius 1 is 0.783 bits per heavy atom. The molecule has 0 N–H and O–H groups in total. The molecule has 130 valence electrons. The predicted octanol–water partition coefficient (Wildman–Crippen LogP) is 7.21. The van der Waals surface area contributed by atoms with Gasteiger partial charge in [0.25, 0.3) is 0 Å². The number of allylic oxidation sites excluding steroid dienone is 8. The Morgan fingerprint density at radius 3 is 1.43 bits per heavy atom. The van der Waals surface area contributed by atoms with Crippen LogP contribution >= 0.6 is 24.8 Å². The van der Waals surface area contributed by atoms with Crippen molar-refractivity contribution >= 4 is 24.8 Å². The molecule has 2 rings (SSSR count). The fraction of sp³-hybridized carbons (Fsp3) is 0.600. The van der Waals surface area contributed by atoms with Crippen LogP contribution in [0.4, 0.5) is 0 Å². The molecule has 0 saturated carbocycles. The predicted molar refractivity (Wildman–Crippen MR) is 104 cm³/mol. The topological polar surface area (TPSA) is 0 Å². The summed E-state index contributed by atoms with van der Waals surface area (Å²) in [6.45, 7) is 14.1. The number of hydrogen-bond acceptors (Lipinski definition) is 0. The minimum absolute atomic E-state index is 0. The average Bonchev–Trinajstić information content (AvgIpc) is 2.88. The molecule has 0 aromatic carbocycles. The molecule has 0 aliphatic heterocycles. The van der Waals surface area contributed by atoms with Gasteiger partial charge in [0.2, 0.25) is 0 Å². The van der Waals surface area contributed by atoms with E-state index in [9.17, 15) is 0 Å². The van der Waals surface area contributed by atoms with E-state index in [0.717, 1.165) is 11.8 Å². The first-order chi connectivity index (χ1) is 9.88. The Hall–Kier alpha value is 0.410. The fourth-order valence-electron chi connectivity index (χ4n) is 3.30. The normalized spacial score (nSPS) is 17.4. The molecule has 2 aliphatic rings. The fourth-order valence-corrected chi connectivity index (χ4v) is 9.31. The van der Waals surface area contributed by atoms with Gasteiger partial charge in [0, 0.05) is 0 Å². The maximum absolute atomic E-state index is 2.48. The maximum Gasteiger partial charge on any atom is -0.147 e. The van der Waals surface area contributed by atoms with Crippen molar-refractivity contribution in [2.24, 2.45) is 11.8 Å². The van der Waals surface area contributed by atoms with Gasteiger partial charge in [-0.25, -0.2) is 0 Å². The summed E-state index contributed by atoms with van der Waals surface area (Å²) in [5.74, 6) is 1.57. The van der Waals surface area contributed by atoms with Gasteiger partial charge in [0.05, 0.1) is 0 Å². The summed E-state index contributed by atoms with van der Waals surface area (Å²) >= 11 is -0.801. The third kappa shape index (κ3) is 6.33. The summed E-state index contributed by atoms with van der Waals surface area (Å²) in [4.78, 5) is 0. The van der Waals surface area contributed by atoms with Crippen LogP contribution in [0.25, 0.3) is 0 Å². The van der Waals surface area contributed by atoms with Crippen LogP contribution in [0.2, 0.25) is 0 Å². The Morgan fingerprint density at radius 2 is 1.13 bits per heavy atom. The zero-order chi connectivity index (χ0) is 15.6. The van der Waals surface area contributed by atoms with Crippen LogP contribution in [0, 0.1) is 11.8 Å². The Kier molecular flexibility index (Phi) is 10.6. The van der Waals surface area contributed by atoms with Gasteiger partial charge in [-0.1, -0.05) is 0 Å². The second-order valence-corrected chi connectivity index (χ2v) is 12.7. The van der Waals surface area contributed by atoms with E-state index in [1.54, 1.807) is 22.3 Å². The van der Waals surface area contributed by atoms with Crippen molar-refractivity contribution in [2.75, 3.05) is 0 Å². The molecule has 0 aromatic heterocycles. The molecule has 0 heterocycles. The van der Waals surface area contributed by atoms with Crippen LogP contribution in [0.1, 0.15) is 67.2 Å². The molecule has 0 nitrogen and oxygen atoms in total. The standard InChI is InChI=1S/2C10H15.2ClH.Hf/c2*1-8(2)7-10-6-4-5-9(10)3;;;/h2*5,8H,4,7H2,1-3H3;2*1H;. The molecular weight excluding hydrogens is 490 g/mol. The molecule has 0 amide bonds. The van der Waals surface area contributed by atoms with Crippen molar-refractivity contribution in [3.05, 3.63) is 41.1 Å². The third-order valence-electron chi connectivity index (χ3n) is 4.43. The first-order valence-corrected chi connectivity index (χ1v) is 12.0. The van der Waals surface area contributed by atoms with E-state index in [1.807, 2.05) is 6.66 Å². The Balaban J connectivity index is 0.00000242. The quantitative estimate of drug-likeness (QED) is 0.324. The van der Waals surface area contributed by atoms with Crippen molar-refractivity contribution in [1.82, 2.24) is 0 Å². The molecular formula is C20H32Cl2Hf. The van der Waals surface area contributed by atoms with Crippen LogP contribution in [0.5, 0.6) is 0 Å². The van der Waals surface area contributed by atoms with Gasteiger partial charge in [-0.05, 0) is 0 Å². The SMILES string of the molecule is CC1=CC[C]([Hf][C]2=C(CC(C)C)C(C)=CC2)=C1CC(C)C.Cl.Cl. The number of halogens is 2. The van der Waals surface area contributed by atoms with Gasteiger partial charge in [0.1, 0.15) is 0 Å². The van der Waals surface area contributed by atoms with E-state index in [1.165, 1.54) is 25.7 Å². The minimum Gasteiger partial charge on any atom is -0.147 e. The molecule has 0 fully saturated rings. The van der Waals surface area contributed by atoms with Crippen LogP contribution in [-0.4, -0.2) is 0 Å². The van der Waals surface area contributed by atoms with Gasteiger partial charge >= 0.3 is 143 Å². The zero-order valence-corrected chi connectivity index (χ0v) is 20.7. The van der Waals surface area contributed by atoms with Crippen LogP contribution in [-0.2, 0) is 22.9 Å². The van der Waals surface area contributed by atoms with Crippen molar-refractivity contribution in [2.45, 2.75) is 67.2 Å². The van der Waals surface area contributed by atoms with Crippen LogP contribution < -0.4 is 0 Å². The van der Waals surface area contributed by atoms with E-state index in [-0.39, 0.29) is 24.8 Å². The van der Waals surface area contributed by atoms with E-state index >= 15 is 0 Å². The summed E-state index contributed by atoms with van der Waals surface area (Å²) in [6, 6.07) is 0. The van der Waals surface area contributed by atoms with Gasteiger partial charge in [-0.3, -0.25) is 0 Å². The van der Waals surface area contributed by atoms with E-state index in [4.69, 9.17) is 0 Å². The van der Waals surface area contributed by atoms with Crippen molar-refractivity contribution in [3.63, 3.8) is 0 Å². The van der Waals surface area contributed by atoms with Gasteiger partial charge < -0.3 is 0 Å². The first kappa shape index (κ1) is 23.4. The second-order valence-electron chi connectivity index (χ2n) is 7.42. The summed E-state index contributed by atoms with van der Waals surface area (Å²) < 4.78 is 3.78. The van der Waals surface area contributed by atoms with Gasteiger partial charge in [-0.2, -0.15) is 0 Å².